The summed E-state index contributed by atoms with van der Waals surface area (Å²) in [5.74, 6) is -0.143. The largest absolute Gasteiger partial charge is 0.351 e. The van der Waals surface area contributed by atoms with Gasteiger partial charge in [0.2, 0.25) is 0 Å². The molecule has 204 valence electrons. The predicted molar refractivity (Wildman–Crippen MR) is 155 cm³/mol. The zero-order valence-corrected chi connectivity index (χ0v) is 22.6. The maximum atomic E-state index is 12.7. The zero-order chi connectivity index (χ0) is 27.7. The van der Waals surface area contributed by atoms with Gasteiger partial charge in [-0.2, -0.15) is 8.42 Å². The lowest BCUT2D eigenvalue weighted by molar-refractivity contribution is 0.0956. The lowest BCUT2D eigenvalue weighted by Gasteiger charge is -2.25. The van der Waals surface area contributed by atoms with Gasteiger partial charge in [0.1, 0.15) is 5.82 Å². The van der Waals surface area contributed by atoms with Crippen molar-refractivity contribution in [2.45, 2.75) is 38.1 Å². The Labute approximate surface area is 232 Å². The van der Waals surface area contributed by atoms with Gasteiger partial charge in [0.25, 0.3) is 16.0 Å². The van der Waals surface area contributed by atoms with Crippen LogP contribution in [-0.4, -0.2) is 50.7 Å². The average molecular weight is 556 g/mol. The number of hydrogen-bond donors (Lipinski definition) is 2. The number of nitrogens with one attached hydrogen (secondary N) is 1. The number of rotatable bonds is 7. The van der Waals surface area contributed by atoms with Crippen LogP contribution < -0.4 is 5.32 Å². The summed E-state index contributed by atoms with van der Waals surface area (Å²) in [4.78, 5) is 27.2. The molecule has 0 saturated heterocycles. The van der Waals surface area contributed by atoms with Gasteiger partial charge in [-0.3, -0.25) is 14.3 Å². The number of aromatic nitrogens is 4. The van der Waals surface area contributed by atoms with Crippen molar-refractivity contribution >= 4 is 38.1 Å². The first kappa shape index (κ1) is 26.1. The summed E-state index contributed by atoms with van der Waals surface area (Å²) in [5, 5.41) is 2.55. The van der Waals surface area contributed by atoms with Gasteiger partial charge in [0, 0.05) is 29.3 Å². The van der Waals surface area contributed by atoms with Gasteiger partial charge in [-0.15, -0.1) is 0 Å². The molecule has 0 aliphatic heterocycles. The normalized spacial score (nSPS) is 14.5. The molecule has 0 unspecified atom stereocenters. The molecule has 0 spiro atoms. The van der Waals surface area contributed by atoms with Crippen molar-refractivity contribution in [1.29, 1.82) is 0 Å². The summed E-state index contributed by atoms with van der Waals surface area (Å²) < 4.78 is 33.2. The van der Waals surface area contributed by atoms with E-state index in [2.05, 4.69) is 9.88 Å². The second-order valence-corrected chi connectivity index (χ2v) is 11.7. The lowest BCUT2D eigenvalue weighted by Crippen LogP contribution is -2.28. The zero-order valence-electron chi connectivity index (χ0n) is 21.8. The van der Waals surface area contributed by atoms with Crippen LogP contribution in [-0.2, 0) is 10.1 Å². The van der Waals surface area contributed by atoms with Gasteiger partial charge in [-0.1, -0.05) is 49.6 Å². The van der Waals surface area contributed by atoms with Crippen LogP contribution in [0.25, 0.3) is 44.7 Å². The highest BCUT2D eigenvalue weighted by Crippen LogP contribution is 2.36. The average Bonchev–Trinajstić information content (AvgIpc) is 3.36. The maximum Gasteiger partial charge on any atom is 0.266 e. The van der Waals surface area contributed by atoms with E-state index in [-0.39, 0.29) is 6.54 Å². The molecule has 3 aromatic carbocycles. The van der Waals surface area contributed by atoms with Crippen LogP contribution in [0.1, 0.15) is 48.5 Å². The predicted octanol–water partition coefficient (Wildman–Crippen LogP) is 5.44. The molecule has 1 aliphatic rings. The Morgan fingerprint density at radius 2 is 1.70 bits per heavy atom. The SMILES string of the molecule is O=C(NCCS(=O)(=O)O)c1ccc2c(c1)nc(-c1ccc3nc(-c4ccccc4)cnc3c1)n2C1CCCCC1. The fourth-order valence-corrected chi connectivity index (χ4v) is 5.81. The Bertz CT molecular complexity index is 1810. The van der Waals surface area contributed by atoms with E-state index in [4.69, 9.17) is 19.5 Å². The molecule has 9 nitrogen and oxygen atoms in total. The van der Waals surface area contributed by atoms with Crippen molar-refractivity contribution in [2.24, 2.45) is 0 Å². The summed E-state index contributed by atoms with van der Waals surface area (Å²) in [6.07, 6.45) is 7.45. The molecule has 2 N–H and O–H groups in total. The van der Waals surface area contributed by atoms with Crippen LogP contribution in [0.5, 0.6) is 0 Å². The van der Waals surface area contributed by atoms with Crippen LogP contribution >= 0.6 is 0 Å². The summed E-state index contributed by atoms with van der Waals surface area (Å²) in [7, 11) is -4.15. The van der Waals surface area contributed by atoms with Crippen molar-refractivity contribution in [3.05, 3.63) is 78.5 Å². The van der Waals surface area contributed by atoms with Gasteiger partial charge in [-0.05, 0) is 49.2 Å². The molecule has 1 fully saturated rings. The van der Waals surface area contributed by atoms with Gasteiger partial charge in [0.15, 0.2) is 0 Å². The topological polar surface area (TPSA) is 127 Å². The van der Waals surface area contributed by atoms with Gasteiger partial charge < -0.3 is 9.88 Å². The van der Waals surface area contributed by atoms with E-state index in [0.717, 1.165) is 64.9 Å². The fourth-order valence-electron chi connectivity index (χ4n) is 5.45. The Balaban J connectivity index is 1.38. The summed E-state index contributed by atoms with van der Waals surface area (Å²) in [6.45, 7) is -0.179. The van der Waals surface area contributed by atoms with Crippen molar-refractivity contribution in [3.63, 3.8) is 0 Å². The first-order valence-corrected chi connectivity index (χ1v) is 15.0. The molecule has 0 radical (unpaired) electrons. The molecule has 6 rings (SSSR count). The van der Waals surface area contributed by atoms with E-state index in [1.165, 1.54) is 6.42 Å². The number of hydrogen-bond acceptors (Lipinski definition) is 6. The molecule has 2 aromatic heterocycles. The maximum absolute atomic E-state index is 12.7. The number of nitrogens with zero attached hydrogens (tertiary/aromatic N) is 4. The summed E-state index contributed by atoms with van der Waals surface area (Å²) in [5.41, 5.74) is 6.34. The second kappa shape index (κ2) is 10.8. The van der Waals surface area contributed by atoms with Gasteiger partial charge >= 0.3 is 0 Å². The number of imidazole rings is 1. The second-order valence-electron chi connectivity index (χ2n) is 10.2. The first-order valence-electron chi connectivity index (χ1n) is 13.4. The molecular formula is C30H29N5O4S. The number of amides is 1. The van der Waals surface area contributed by atoms with Crippen molar-refractivity contribution in [2.75, 3.05) is 12.3 Å². The highest BCUT2D eigenvalue weighted by atomic mass is 32.2. The molecule has 5 aromatic rings. The Morgan fingerprint density at radius 3 is 2.48 bits per heavy atom. The van der Waals surface area contributed by atoms with Gasteiger partial charge in [0.05, 0.1) is 39.7 Å². The number of fused-ring (bicyclic) bond motifs is 2. The van der Waals surface area contributed by atoms with E-state index >= 15 is 0 Å². The Hall–Kier alpha value is -4.15. The van der Waals surface area contributed by atoms with Crippen molar-refractivity contribution in [1.82, 2.24) is 24.8 Å². The third kappa shape index (κ3) is 5.45. The van der Waals surface area contributed by atoms with Crippen LogP contribution in [0.15, 0.2) is 72.9 Å². The minimum atomic E-state index is -4.15. The van der Waals surface area contributed by atoms with Gasteiger partial charge in [-0.25, -0.2) is 9.97 Å². The van der Waals surface area contributed by atoms with E-state index in [1.54, 1.807) is 18.3 Å². The van der Waals surface area contributed by atoms with Crippen molar-refractivity contribution in [3.8, 4) is 22.6 Å². The molecule has 40 heavy (non-hydrogen) atoms. The molecule has 2 heterocycles. The summed E-state index contributed by atoms with van der Waals surface area (Å²) in [6, 6.07) is 21.6. The lowest BCUT2D eigenvalue weighted by atomic mass is 9.94. The minimum Gasteiger partial charge on any atom is -0.351 e. The molecule has 1 saturated carbocycles. The Kier molecular flexibility index (Phi) is 7.03. The number of carbonyl (C=O) groups excluding carboxylic acids is 1. The van der Waals surface area contributed by atoms with E-state index < -0.39 is 21.8 Å². The minimum absolute atomic E-state index is 0.179. The molecule has 1 aliphatic carbocycles. The fraction of sp³-hybridized carbons (Fsp3) is 0.267. The highest BCUT2D eigenvalue weighted by Gasteiger charge is 2.23. The molecule has 10 heteroatoms. The third-order valence-corrected chi connectivity index (χ3v) is 8.13. The molecule has 0 atom stereocenters. The molecule has 0 bridgehead atoms. The van der Waals surface area contributed by atoms with E-state index in [1.807, 2.05) is 54.6 Å². The smallest absolute Gasteiger partial charge is 0.266 e. The number of benzene rings is 3. The van der Waals surface area contributed by atoms with Crippen molar-refractivity contribution < 1.29 is 17.8 Å². The highest BCUT2D eigenvalue weighted by molar-refractivity contribution is 7.85. The summed E-state index contributed by atoms with van der Waals surface area (Å²) >= 11 is 0. The van der Waals surface area contributed by atoms with E-state index in [9.17, 15) is 13.2 Å². The van der Waals surface area contributed by atoms with Crippen LogP contribution in [0.4, 0.5) is 0 Å². The standard InChI is InChI=1S/C30H29N5O4S/c36-30(31-15-16-40(37,38)39)22-12-14-28-26(18-22)34-29(35(28)23-9-5-2-6-10-23)21-11-13-24-25(17-21)32-19-27(33-24)20-7-3-1-4-8-20/h1,3-4,7-8,11-14,17-19,23H,2,5-6,9-10,15-16H2,(H,31,36)(H,37,38,39). The number of carbonyl (C=O) groups is 1. The van der Waals surface area contributed by atoms with Crippen LogP contribution in [0.3, 0.4) is 0 Å². The van der Waals surface area contributed by atoms with E-state index in [0.29, 0.717) is 17.1 Å². The molecule has 1 amide bonds. The van der Waals surface area contributed by atoms with Crippen LogP contribution in [0, 0.1) is 0 Å². The Morgan fingerprint density at radius 1 is 0.900 bits per heavy atom. The third-order valence-electron chi connectivity index (χ3n) is 7.41. The first-order chi connectivity index (χ1) is 19.4. The van der Waals surface area contributed by atoms with Crippen LogP contribution in [0.2, 0.25) is 0 Å². The quantitative estimate of drug-likeness (QED) is 0.256. The monoisotopic (exact) mass is 555 g/mol. The molecular weight excluding hydrogens is 526 g/mol.